The van der Waals surface area contributed by atoms with Gasteiger partial charge >= 0.3 is 5.97 Å². The van der Waals surface area contributed by atoms with Crippen LogP contribution in [0.25, 0.3) is 11.1 Å². The standard InChI is InChI=1S/C20H25NO2S/c1-12-9-10-15(11-13(12)2)17-14(3)24-19(21)18(17)20(22)23-16-7-5-4-6-8-16/h9-11,16H,4-8,21H2,1-3H3. The van der Waals surface area contributed by atoms with E-state index in [9.17, 15) is 4.79 Å². The molecule has 1 fully saturated rings. The molecule has 1 aliphatic rings. The Morgan fingerprint density at radius 1 is 1.12 bits per heavy atom. The summed E-state index contributed by atoms with van der Waals surface area (Å²) in [5.74, 6) is -0.267. The number of nitrogen functional groups attached to an aromatic ring is 1. The Hall–Kier alpha value is -1.81. The average molecular weight is 343 g/mol. The van der Waals surface area contributed by atoms with Crippen LogP contribution in [0.3, 0.4) is 0 Å². The maximum absolute atomic E-state index is 12.8. The number of ether oxygens (including phenoxy) is 1. The highest BCUT2D eigenvalue weighted by molar-refractivity contribution is 7.16. The van der Waals surface area contributed by atoms with Gasteiger partial charge in [0.15, 0.2) is 0 Å². The summed E-state index contributed by atoms with van der Waals surface area (Å²) in [6.07, 6.45) is 5.49. The minimum Gasteiger partial charge on any atom is -0.459 e. The van der Waals surface area contributed by atoms with Crippen molar-refractivity contribution < 1.29 is 9.53 Å². The molecule has 1 aliphatic carbocycles. The van der Waals surface area contributed by atoms with E-state index in [1.54, 1.807) is 0 Å². The predicted molar refractivity (Wildman–Crippen MR) is 101 cm³/mol. The molecule has 2 N–H and O–H groups in total. The van der Waals surface area contributed by atoms with E-state index in [1.165, 1.54) is 28.9 Å². The second kappa shape index (κ2) is 6.98. The van der Waals surface area contributed by atoms with E-state index in [4.69, 9.17) is 10.5 Å². The van der Waals surface area contributed by atoms with Crippen LogP contribution >= 0.6 is 11.3 Å². The van der Waals surface area contributed by atoms with Crippen molar-refractivity contribution in [1.82, 2.24) is 0 Å². The summed E-state index contributed by atoms with van der Waals surface area (Å²) < 4.78 is 5.78. The third kappa shape index (κ3) is 3.34. The molecule has 0 aliphatic heterocycles. The van der Waals surface area contributed by atoms with Crippen molar-refractivity contribution in [1.29, 1.82) is 0 Å². The number of benzene rings is 1. The van der Waals surface area contributed by atoms with Gasteiger partial charge in [-0.1, -0.05) is 24.6 Å². The number of nitrogens with two attached hydrogens (primary N) is 1. The Morgan fingerprint density at radius 2 is 1.83 bits per heavy atom. The summed E-state index contributed by atoms with van der Waals surface area (Å²) in [7, 11) is 0. The number of hydrogen-bond donors (Lipinski definition) is 1. The fourth-order valence-corrected chi connectivity index (χ4v) is 4.35. The van der Waals surface area contributed by atoms with Crippen molar-refractivity contribution in [2.75, 3.05) is 5.73 Å². The minimum absolute atomic E-state index is 0.0402. The van der Waals surface area contributed by atoms with Crippen molar-refractivity contribution in [2.45, 2.75) is 59.0 Å². The topological polar surface area (TPSA) is 52.3 Å². The van der Waals surface area contributed by atoms with Gasteiger partial charge in [0.2, 0.25) is 0 Å². The monoisotopic (exact) mass is 343 g/mol. The fourth-order valence-electron chi connectivity index (χ4n) is 3.41. The number of thiophene rings is 1. The molecule has 0 unspecified atom stereocenters. The highest BCUT2D eigenvalue weighted by Crippen LogP contribution is 2.39. The molecule has 1 aromatic carbocycles. The molecule has 0 radical (unpaired) electrons. The number of esters is 1. The van der Waals surface area contributed by atoms with Crippen LogP contribution in [-0.2, 0) is 4.74 Å². The summed E-state index contributed by atoms with van der Waals surface area (Å²) >= 11 is 1.47. The van der Waals surface area contributed by atoms with Crippen LogP contribution in [0.5, 0.6) is 0 Å². The highest BCUT2D eigenvalue weighted by Gasteiger charge is 2.26. The van der Waals surface area contributed by atoms with Crippen LogP contribution < -0.4 is 5.73 Å². The Kier molecular flexibility index (Phi) is 4.95. The summed E-state index contributed by atoms with van der Waals surface area (Å²) in [6.45, 7) is 6.19. The van der Waals surface area contributed by atoms with Gasteiger partial charge in [0.05, 0.1) is 0 Å². The van der Waals surface area contributed by atoms with E-state index in [1.807, 2.05) is 6.92 Å². The molecule has 0 atom stereocenters. The van der Waals surface area contributed by atoms with E-state index >= 15 is 0 Å². The predicted octanol–water partition coefficient (Wildman–Crippen LogP) is 5.41. The van der Waals surface area contributed by atoms with Gasteiger partial charge in [0, 0.05) is 10.4 Å². The van der Waals surface area contributed by atoms with Crippen molar-refractivity contribution in [3.05, 3.63) is 39.8 Å². The Labute approximate surface area is 147 Å². The number of hydrogen-bond acceptors (Lipinski definition) is 4. The Bertz CT molecular complexity index is 757. The van der Waals surface area contributed by atoms with E-state index in [0.29, 0.717) is 10.6 Å². The molecule has 1 heterocycles. The van der Waals surface area contributed by atoms with Crippen LogP contribution in [0, 0.1) is 20.8 Å². The number of carbonyl (C=O) groups is 1. The normalized spacial score (nSPS) is 15.5. The molecule has 0 bridgehead atoms. The maximum Gasteiger partial charge on any atom is 0.342 e. The molecule has 0 amide bonds. The van der Waals surface area contributed by atoms with Crippen LogP contribution in [0.1, 0.15) is 58.5 Å². The maximum atomic E-state index is 12.8. The lowest BCUT2D eigenvalue weighted by Gasteiger charge is -2.22. The first-order chi connectivity index (χ1) is 11.5. The van der Waals surface area contributed by atoms with Crippen molar-refractivity contribution >= 4 is 22.3 Å². The SMILES string of the molecule is Cc1ccc(-c2c(C)sc(N)c2C(=O)OC2CCCCC2)cc1C. The Morgan fingerprint density at radius 3 is 2.50 bits per heavy atom. The van der Waals surface area contributed by atoms with E-state index < -0.39 is 0 Å². The lowest BCUT2D eigenvalue weighted by atomic mass is 9.96. The van der Waals surface area contributed by atoms with Crippen LogP contribution in [0.15, 0.2) is 18.2 Å². The van der Waals surface area contributed by atoms with Gasteiger partial charge in [-0.3, -0.25) is 0 Å². The molecule has 24 heavy (non-hydrogen) atoms. The summed E-state index contributed by atoms with van der Waals surface area (Å²) in [4.78, 5) is 13.9. The third-order valence-electron chi connectivity index (χ3n) is 4.94. The lowest BCUT2D eigenvalue weighted by molar-refractivity contribution is 0.0213. The zero-order valence-electron chi connectivity index (χ0n) is 14.6. The van der Waals surface area contributed by atoms with Crippen LogP contribution in [0.2, 0.25) is 0 Å². The smallest absolute Gasteiger partial charge is 0.342 e. The van der Waals surface area contributed by atoms with Crippen molar-refractivity contribution in [2.24, 2.45) is 0 Å². The molecule has 0 saturated heterocycles. The molecule has 4 heteroatoms. The molecule has 2 aromatic rings. The summed E-state index contributed by atoms with van der Waals surface area (Å²) in [6, 6.07) is 6.28. The van der Waals surface area contributed by atoms with Crippen LogP contribution in [0.4, 0.5) is 5.00 Å². The largest absolute Gasteiger partial charge is 0.459 e. The first-order valence-corrected chi connectivity index (χ1v) is 9.46. The average Bonchev–Trinajstić information content (AvgIpc) is 2.85. The van der Waals surface area contributed by atoms with Gasteiger partial charge in [-0.25, -0.2) is 4.79 Å². The van der Waals surface area contributed by atoms with Gasteiger partial charge in [0.25, 0.3) is 0 Å². The lowest BCUT2D eigenvalue weighted by Crippen LogP contribution is -2.21. The molecular formula is C20H25NO2S. The molecule has 128 valence electrons. The fraction of sp³-hybridized carbons (Fsp3) is 0.450. The minimum atomic E-state index is -0.267. The zero-order valence-corrected chi connectivity index (χ0v) is 15.5. The molecule has 3 rings (SSSR count). The van der Waals surface area contributed by atoms with E-state index in [0.717, 1.165) is 41.7 Å². The zero-order chi connectivity index (χ0) is 17.3. The number of aryl methyl sites for hydroxylation is 3. The quantitative estimate of drug-likeness (QED) is 0.758. The van der Waals surface area contributed by atoms with Gasteiger partial charge in [-0.15, -0.1) is 11.3 Å². The van der Waals surface area contributed by atoms with E-state index in [-0.39, 0.29) is 12.1 Å². The number of rotatable bonds is 3. The van der Waals surface area contributed by atoms with Gasteiger partial charge in [-0.05, 0) is 63.1 Å². The molecular weight excluding hydrogens is 318 g/mol. The summed E-state index contributed by atoms with van der Waals surface area (Å²) in [5, 5.41) is 0.557. The van der Waals surface area contributed by atoms with Crippen molar-refractivity contribution in [3.8, 4) is 11.1 Å². The van der Waals surface area contributed by atoms with Gasteiger partial charge in [-0.2, -0.15) is 0 Å². The first-order valence-electron chi connectivity index (χ1n) is 8.65. The Balaban J connectivity index is 1.95. The highest BCUT2D eigenvalue weighted by atomic mass is 32.1. The third-order valence-corrected chi connectivity index (χ3v) is 5.87. The van der Waals surface area contributed by atoms with E-state index in [2.05, 4.69) is 32.0 Å². The van der Waals surface area contributed by atoms with Crippen molar-refractivity contribution in [3.63, 3.8) is 0 Å². The molecule has 3 nitrogen and oxygen atoms in total. The molecule has 0 spiro atoms. The molecule has 1 saturated carbocycles. The van der Waals surface area contributed by atoms with Gasteiger partial charge < -0.3 is 10.5 Å². The van der Waals surface area contributed by atoms with Gasteiger partial charge in [0.1, 0.15) is 16.7 Å². The summed E-state index contributed by atoms with van der Waals surface area (Å²) in [5.41, 5.74) is 11.1. The van der Waals surface area contributed by atoms with Crippen LogP contribution in [-0.4, -0.2) is 12.1 Å². The molecule has 1 aromatic heterocycles. The second-order valence-electron chi connectivity index (χ2n) is 6.74. The second-order valence-corrected chi connectivity index (χ2v) is 7.99. The first kappa shape index (κ1) is 17.0. The number of anilines is 1. The number of carbonyl (C=O) groups excluding carboxylic acids is 1.